The molecule has 0 unspecified atom stereocenters. The number of sulfonamides is 1. The Morgan fingerprint density at radius 1 is 1.35 bits per heavy atom. The lowest BCUT2D eigenvalue weighted by Crippen LogP contribution is -2.41. The van der Waals surface area contributed by atoms with Crippen LogP contribution in [0.15, 0.2) is 34.1 Å². The third-order valence-electron chi connectivity index (χ3n) is 2.66. The van der Waals surface area contributed by atoms with Gasteiger partial charge in [0.05, 0.1) is 4.90 Å². The Bertz CT molecular complexity index is 569. The molecule has 20 heavy (non-hydrogen) atoms. The highest BCUT2D eigenvalue weighted by Crippen LogP contribution is 2.24. The van der Waals surface area contributed by atoms with Crippen LogP contribution in [0.2, 0.25) is 0 Å². The molecule has 0 aliphatic rings. The van der Waals surface area contributed by atoms with Gasteiger partial charge in [-0.2, -0.15) is 4.72 Å². The second-order valence-corrected chi connectivity index (χ2v) is 7.32. The summed E-state index contributed by atoms with van der Waals surface area (Å²) in [6.45, 7) is 3.69. The van der Waals surface area contributed by atoms with E-state index >= 15 is 0 Å². The lowest BCUT2D eigenvalue weighted by atomic mass is 10.1. The topological polar surface area (TPSA) is 83.5 Å². The standard InChI is InChI=1S/C13H19NO4S2/c1-9(2)8-10(13(15)16)14-20(17,18)12-7-5-4-6-11(12)19-3/h4-7,9-10,14H,8H2,1-3H3,(H,15,16)/t10-/m0/s1. The van der Waals surface area contributed by atoms with Gasteiger partial charge in [0.2, 0.25) is 10.0 Å². The van der Waals surface area contributed by atoms with Crippen LogP contribution in [-0.2, 0) is 14.8 Å². The van der Waals surface area contributed by atoms with Crippen LogP contribution in [0.1, 0.15) is 20.3 Å². The van der Waals surface area contributed by atoms with Gasteiger partial charge in [0, 0.05) is 4.90 Å². The molecular formula is C13H19NO4S2. The molecule has 0 aliphatic heterocycles. The average Bonchev–Trinajstić information content (AvgIpc) is 2.37. The quantitative estimate of drug-likeness (QED) is 0.753. The number of carbonyl (C=O) groups is 1. The number of hydrogen-bond donors (Lipinski definition) is 2. The summed E-state index contributed by atoms with van der Waals surface area (Å²) in [5, 5.41) is 9.13. The van der Waals surface area contributed by atoms with Crippen LogP contribution in [-0.4, -0.2) is 31.8 Å². The summed E-state index contributed by atoms with van der Waals surface area (Å²) in [5.74, 6) is -1.08. The Morgan fingerprint density at radius 2 is 1.95 bits per heavy atom. The fourth-order valence-corrected chi connectivity index (χ4v) is 4.11. The monoisotopic (exact) mass is 317 g/mol. The SMILES string of the molecule is CSc1ccccc1S(=O)(=O)N[C@@H](CC(C)C)C(=O)O. The normalized spacial score (nSPS) is 13.4. The highest BCUT2D eigenvalue weighted by atomic mass is 32.2. The number of hydrogen-bond acceptors (Lipinski definition) is 4. The fourth-order valence-electron chi connectivity index (χ4n) is 1.76. The Morgan fingerprint density at radius 3 is 2.45 bits per heavy atom. The van der Waals surface area contributed by atoms with Gasteiger partial charge < -0.3 is 5.11 Å². The van der Waals surface area contributed by atoms with E-state index in [-0.39, 0.29) is 17.2 Å². The molecule has 5 nitrogen and oxygen atoms in total. The van der Waals surface area contributed by atoms with Crippen molar-refractivity contribution < 1.29 is 18.3 Å². The second-order valence-electron chi connectivity index (χ2n) is 4.79. The van der Waals surface area contributed by atoms with Gasteiger partial charge in [0.1, 0.15) is 6.04 Å². The zero-order chi connectivity index (χ0) is 15.3. The first-order valence-electron chi connectivity index (χ1n) is 6.16. The summed E-state index contributed by atoms with van der Waals surface area (Å²) in [4.78, 5) is 11.9. The van der Waals surface area contributed by atoms with Crippen LogP contribution in [0, 0.1) is 5.92 Å². The molecule has 7 heteroatoms. The molecule has 0 radical (unpaired) electrons. The van der Waals surface area contributed by atoms with E-state index in [1.54, 1.807) is 24.5 Å². The Hall–Kier alpha value is -1.05. The van der Waals surface area contributed by atoms with Gasteiger partial charge in [-0.1, -0.05) is 26.0 Å². The second kappa shape index (κ2) is 7.10. The molecule has 112 valence electrons. The Kier molecular flexibility index (Phi) is 6.04. The third kappa shape index (κ3) is 4.50. The van der Waals surface area contributed by atoms with E-state index in [1.165, 1.54) is 17.8 Å². The van der Waals surface area contributed by atoms with Crippen LogP contribution < -0.4 is 4.72 Å². The van der Waals surface area contributed by atoms with Gasteiger partial charge in [-0.05, 0) is 30.7 Å². The average molecular weight is 317 g/mol. The van der Waals surface area contributed by atoms with Crippen LogP contribution in [0.3, 0.4) is 0 Å². The minimum Gasteiger partial charge on any atom is -0.480 e. The molecule has 0 spiro atoms. The molecular weight excluding hydrogens is 298 g/mol. The van der Waals surface area contributed by atoms with Gasteiger partial charge in [-0.15, -0.1) is 11.8 Å². The molecule has 0 aromatic heterocycles. The summed E-state index contributed by atoms with van der Waals surface area (Å²) in [6, 6.07) is 5.41. The number of nitrogens with one attached hydrogen (secondary N) is 1. The van der Waals surface area contributed by atoms with E-state index < -0.39 is 22.0 Å². The number of rotatable bonds is 7. The zero-order valence-electron chi connectivity index (χ0n) is 11.7. The largest absolute Gasteiger partial charge is 0.480 e. The first-order chi connectivity index (χ1) is 9.27. The van der Waals surface area contributed by atoms with E-state index in [2.05, 4.69) is 4.72 Å². The maximum atomic E-state index is 12.3. The first-order valence-corrected chi connectivity index (χ1v) is 8.87. The minimum atomic E-state index is -3.84. The van der Waals surface area contributed by atoms with Crippen molar-refractivity contribution in [3.8, 4) is 0 Å². The lowest BCUT2D eigenvalue weighted by Gasteiger charge is -2.17. The number of benzene rings is 1. The first kappa shape index (κ1) is 17.0. The molecule has 0 amide bonds. The molecule has 2 N–H and O–H groups in total. The van der Waals surface area contributed by atoms with Crippen molar-refractivity contribution in [2.24, 2.45) is 5.92 Å². The molecule has 0 fully saturated rings. The van der Waals surface area contributed by atoms with E-state index in [0.717, 1.165) is 0 Å². The molecule has 0 saturated carbocycles. The number of thioether (sulfide) groups is 1. The number of carboxylic acid groups (broad SMARTS) is 1. The molecule has 1 aromatic rings. The van der Waals surface area contributed by atoms with Gasteiger partial charge in [0.15, 0.2) is 0 Å². The van der Waals surface area contributed by atoms with E-state index in [0.29, 0.717) is 4.90 Å². The lowest BCUT2D eigenvalue weighted by molar-refractivity contribution is -0.139. The van der Waals surface area contributed by atoms with Gasteiger partial charge in [0.25, 0.3) is 0 Å². The maximum Gasteiger partial charge on any atom is 0.321 e. The molecule has 0 heterocycles. The van der Waals surface area contributed by atoms with Crippen LogP contribution in [0.5, 0.6) is 0 Å². The molecule has 1 aromatic carbocycles. The van der Waals surface area contributed by atoms with Crippen molar-refractivity contribution >= 4 is 27.8 Å². The van der Waals surface area contributed by atoms with Crippen molar-refractivity contribution in [2.45, 2.75) is 36.1 Å². The highest BCUT2D eigenvalue weighted by Gasteiger charge is 2.27. The molecule has 1 atom stereocenters. The molecule has 0 saturated heterocycles. The number of carboxylic acids is 1. The Balaban J connectivity index is 3.07. The van der Waals surface area contributed by atoms with Crippen molar-refractivity contribution in [3.63, 3.8) is 0 Å². The fraction of sp³-hybridized carbons (Fsp3) is 0.462. The summed E-state index contributed by atoms with van der Waals surface area (Å²) in [6.07, 6.45) is 2.02. The smallest absolute Gasteiger partial charge is 0.321 e. The van der Waals surface area contributed by atoms with Crippen molar-refractivity contribution in [3.05, 3.63) is 24.3 Å². The maximum absolute atomic E-state index is 12.3. The molecule has 1 rings (SSSR count). The van der Waals surface area contributed by atoms with Crippen molar-refractivity contribution in [2.75, 3.05) is 6.26 Å². The predicted octanol–water partition coefficient (Wildman–Crippen LogP) is 2.19. The summed E-state index contributed by atoms with van der Waals surface area (Å²) in [7, 11) is -3.84. The minimum absolute atomic E-state index is 0.0783. The molecule has 0 bridgehead atoms. The predicted molar refractivity (Wildman–Crippen MR) is 79.4 cm³/mol. The van der Waals surface area contributed by atoms with Gasteiger partial charge >= 0.3 is 5.97 Å². The van der Waals surface area contributed by atoms with Gasteiger partial charge in [-0.25, -0.2) is 8.42 Å². The van der Waals surface area contributed by atoms with E-state index in [4.69, 9.17) is 5.11 Å². The number of aliphatic carboxylic acids is 1. The highest BCUT2D eigenvalue weighted by molar-refractivity contribution is 7.99. The summed E-state index contributed by atoms with van der Waals surface area (Å²) < 4.78 is 26.9. The van der Waals surface area contributed by atoms with Crippen molar-refractivity contribution in [1.29, 1.82) is 0 Å². The third-order valence-corrected chi connectivity index (χ3v) is 5.12. The van der Waals surface area contributed by atoms with Gasteiger partial charge in [-0.3, -0.25) is 4.79 Å². The van der Waals surface area contributed by atoms with E-state index in [9.17, 15) is 13.2 Å². The van der Waals surface area contributed by atoms with E-state index in [1.807, 2.05) is 13.8 Å². The van der Waals surface area contributed by atoms with Crippen LogP contribution in [0.25, 0.3) is 0 Å². The van der Waals surface area contributed by atoms with Crippen LogP contribution in [0.4, 0.5) is 0 Å². The van der Waals surface area contributed by atoms with Crippen LogP contribution >= 0.6 is 11.8 Å². The summed E-state index contributed by atoms with van der Waals surface area (Å²) in [5.41, 5.74) is 0. The summed E-state index contributed by atoms with van der Waals surface area (Å²) >= 11 is 1.31. The Labute approximate surface area is 123 Å². The molecule has 0 aliphatic carbocycles. The van der Waals surface area contributed by atoms with Crippen molar-refractivity contribution in [1.82, 2.24) is 4.72 Å². The zero-order valence-corrected chi connectivity index (χ0v) is 13.3.